The lowest BCUT2D eigenvalue weighted by molar-refractivity contribution is 0.394. The van der Waals surface area contributed by atoms with E-state index < -0.39 is 0 Å². The first-order valence-electron chi connectivity index (χ1n) is 6.93. The molecule has 20 heavy (non-hydrogen) atoms. The van der Waals surface area contributed by atoms with Gasteiger partial charge in [0.15, 0.2) is 5.84 Å². The molecule has 0 aliphatic heterocycles. The van der Waals surface area contributed by atoms with Crippen LogP contribution in [0.1, 0.15) is 33.0 Å². The predicted octanol–water partition coefficient (Wildman–Crippen LogP) is 1.83. The van der Waals surface area contributed by atoms with Crippen LogP contribution in [0.5, 0.6) is 0 Å². The summed E-state index contributed by atoms with van der Waals surface area (Å²) < 4.78 is 1.77. The minimum absolute atomic E-state index is 0.354. The maximum atomic E-state index is 5.81. The molecule has 6 heteroatoms. The van der Waals surface area contributed by atoms with Gasteiger partial charge in [0.05, 0.1) is 0 Å². The van der Waals surface area contributed by atoms with E-state index in [1.54, 1.807) is 17.8 Å². The summed E-state index contributed by atoms with van der Waals surface area (Å²) in [6.07, 6.45) is 2.76. The van der Waals surface area contributed by atoms with Gasteiger partial charge in [-0.2, -0.15) is 0 Å². The van der Waals surface area contributed by atoms with E-state index in [0.717, 1.165) is 18.9 Å². The standard InChI is InChI=1S/C14H26N6/c1-7-20-13(12(15)16-5)17-18-14(20)19(6)9-8-11(4)10(2)3/h7,10-11H,1,8-9H2,2-6H3,(H2,15,16). The molecule has 0 aliphatic carbocycles. The molecule has 6 nitrogen and oxygen atoms in total. The predicted molar refractivity (Wildman–Crippen MR) is 84.9 cm³/mol. The van der Waals surface area contributed by atoms with Gasteiger partial charge in [0, 0.05) is 26.8 Å². The average molecular weight is 278 g/mol. The van der Waals surface area contributed by atoms with E-state index in [1.165, 1.54) is 0 Å². The summed E-state index contributed by atoms with van der Waals surface area (Å²) in [4.78, 5) is 6.01. The molecule has 1 aromatic heterocycles. The van der Waals surface area contributed by atoms with Gasteiger partial charge < -0.3 is 10.6 Å². The third kappa shape index (κ3) is 3.59. The van der Waals surface area contributed by atoms with Crippen molar-refractivity contribution in [2.75, 3.05) is 25.5 Å². The Labute approximate surface area is 121 Å². The Morgan fingerprint density at radius 2 is 2.10 bits per heavy atom. The van der Waals surface area contributed by atoms with Crippen LogP contribution in [0.25, 0.3) is 6.20 Å². The van der Waals surface area contributed by atoms with Gasteiger partial charge in [-0.15, -0.1) is 10.2 Å². The first-order chi connectivity index (χ1) is 9.42. The van der Waals surface area contributed by atoms with Crippen LogP contribution >= 0.6 is 0 Å². The van der Waals surface area contributed by atoms with Gasteiger partial charge >= 0.3 is 0 Å². The largest absolute Gasteiger partial charge is 0.381 e. The van der Waals surface area contributed by atoms with Crippen LogP contribution in [0, 0.1) is 11.8 Å². The van der Waals surface area contributed by atoms with E-state index in [2.05, 4.69) is 47.4 Å². The lowest BCUT2D eigenvalue weighted by Crippen LogP contribution is -2.25. The van der Waals surface area contributed by atoms with E-state index in [0.29, 0.717) is 23.5 Å². The molecule has 0 spiro atoms. The summed E-state index contributed by atoms with van der Waals surface area (Å²) in [5.74, 6) is 2.96. The number of aliphatic imine (C=N–C) groups is 1. The summed E-state index contributed by atoms with van der Waals surface area (Å²) >= 11 is 0. The number of hydrogen-bond acceptors (Lipinski definition) is 4. The molecule has 0 saturated carbocycles. The van der Waals surface area contributed by atoms with Gasteiger partial charge in [0.1, 0.15) is 0 Å². The summed E-state index contributed by atoms with van der Waals surface area (Å²) in [6, 6.07) is 0. The van der Waals surface area contributed by atoms with Crippen molar-refractivity contribution in [1.82, 2.24) is 14.8 Å². The van der Waals surface area contributed by atoms with E-state index in [9.17, 15) is 0 Å². The second-order valence-electron chi connectivity index (χ2n) is 5.42. The zero-order valence-electron chi connectivity index (χ0n) is 13.2. The van der Waals surface area contributed by atoms with Crippen LogP contribution in [-0.4, -0.2) is 41.2 Å². The molecule has 0 bridgehead atoms. The number of nitrogens with two attached hydrogens (primary N) is 1. The highest BCUT2D eigenvalue weighted by Crippen LogP contribution is 2.17. The van der Waals surface area contributed by atoms with Gasteiger partial charge in [-0.05, 0) is 18.3 Å². The number of anilines is 1. The van der Waals surface area contributed by atoms with Crippen LogP contribution in [-0.2, 0) is 0 Å². The quantitative estimate of drug-likeness (QED) is 0.610. The zero-order valence-corrected chi connectivity index (χ0v) is 13.2. The second kappa shape index (κ2) is 7.07. The fourth-order valence-electron chi connectivity index (χ4n) is 1.82. The SMILES string of the molecule is C=Cn1c(/C(N)=N\C)nnc1N(C)CCC(C)C(C)C. The van der Waals surface area contributed by atoms with Gasteiger partial charge in [0.25, 0.3) is 0 Å². The first-order valence-corrected chi connectivity index (χ1v) is 6.93. The van der Waals surface area contributed by atoms with Crippen LogP contribution in [0.2, 0.25) is 0 Å². The van der Waals surface area contributed by atoms with Gasteiger partial charge in [-0.3, -0.25) is 9.56 Å². The van der Waals surface area contributed by atoms with Gasteiger partial charge in [-0.25, -0.2) is 0 Å². The molecule has 2 N–H and O–H groups in total. The Kier molecular flexibility index (Phi) is 5.73. The van der Waals surface area contributed by atoms with E-state index in [4.69, 9.17) is 5.73 Å². The Hall–Kier alpha value is -1.85. The molecule has 0 aliphatic rings. The fraction of sp³-hybridized carbons (Fsp3) is 0.643. The smallest absolute Gasteiger partial charge is 0.231 e. The molecule has 0 fully saturated rings. The molecule has 112 valence electrons. The molecule has 1 unspecified atom stereocenters. The molecular formula is C14H26N6. The van der Waals surface area contributed by atoms with Crippen molar-refractivity contribution >= 4 is 18.0 Å². The normalized spacial score (nSPS) is 13.6. The molecule has 1 heterocycles. The number of hydrogen-bond donors (Lipinski definition) is 1. The summed E-state index contributed by atoms with van der Waals surface area (Å²) in [5.41, 5.74) is 5.81. The molecule has 1 atom stereocenters. The highest BCUT2D eigenvalue weighted by atomic mass is 15.4. The van der Waals surface area contributed by atoms with E-state index >= 15 is 0 Å². The lowest BCUT2D eigenvalue weighted by atomic mass is 9.95. The molecular weight excluding hydrogens is 252 g/mol. The van der Waals surface area contributed by atoms with Crippen molar-refractivity contribution in [2.24, 2.45) is 22.6 Å². The number of amidine groups is 1. The number of aromatic nitrogens is 3. The van der Waals surface area contributed by atoms with Crippen molar-refractivity contribution in [1.29, 1.82) is 0 Å². The summed E-state index contributed by atoms with van der Waals surface area (Å²) in [7, 11) is 3.63. The topological polar surface area (TPSA) is 72.3 Å². The van der Waals surface area contributed by atoms with Crippen molar-refractivity contribution in [2.45, 2.75) is 27.2 Å². The summed E-state index contributed by atoms with van der Waals surface area (Å²) in [6.45, 7) is 11.5. The minimum atomic E-state index is 0.354. The second-order valence-corrected chi connectivity index (χ2v) is 5.42. The average Bonchev–Trinajstić information content (AvgIpc) is 2.86. The van der Waals surface area contributed by atoms with Gasteiger partial charge in [-0.1, -0.05) is 27.4 Å². The number of rotatable bonds is 7. The van der Waals surface area contributed by atoms with Crippen LogP contribution in [0.15, 0.2) is 11.6 Å². The van der Waals surface area contributed by atoms with Crippen molar-refractivity contribution in [3.8, 4) is 0 Å². The molecule has 0 saturated heterocycles. The van der Waals surface area contributed by atoms with Crippen LogP contribution in [0.4, 0.5) is 5.95 Å². The molecule has 0 aromatic carbocycles. The number of nitrogens with zero attached hydrogens (tertiary/aromatic N) is 5. The zero-order chi connectivity index (χ0) is 15.3. The molecule has 1 rings (SSSR count). The highest BCUT2D eigenvalue weighted by molar-refractivity contribution is 5.95. The Morgan fingerprint density at radius 1 is 1.45 bits per heavy atom. The maximum absolute atomic E-state index is 5.81. The van der Waals surface area contributed by atoms with Crippen molar-refractivity contribution in [3.63, 3.8) is 0 Å². The highest BCUT2D eigenvalue weighted by Gasteiger charge is 2.17. The summed E-state index contributed by atoms with van der Waals surface area (Å²) in [5, 5.41) is 8.27. The van der Waals surface area contributed by atoms with Crippen LogP contribution < -0.4 is 10.6 Å². The maximum Gasteiger partial charge on any atom is 0.231 e. The van der Waals surface area contributed by atoms with Crippen molar-refractivity contribution in [3.05, 3.63) is 12.4 Å². The van der Waals surface area contributed by atoms with Crippen molar-refractivity contribution < 1.29 is 0 Å². The monoisotopic (exact) mass is 278 g/mol. The van der Waals surface area contributed by atoms with E-state index in [1.807, 2.05) is 7.05 Å². The Bertz CT molecular complexity index is 474. The molecule has 0 amide bonds. The Morgan fingerprint density at radius 3 is 2.60 bits per heavy atom. The first kappa shape index (κ1) is 16.2. The fourth-order valence-corrected chi connectivity index (χ4v) is 1.82. The molecule has 0 radical (unpaired) electrons. The third-order valence-electron chi connectivity index (χ3n) is 3.73. The van der Waals surface area contributed by atoms with Gasteiger partial charge in [0.2, 0.25) is 11.8 Å². The lowest BCUT2D eigenvalue weighted by Gasteiger charge is -2.22. The van der Waals surface area contributed by atoms with E-state index in [-0.39, 0.29) is 0 Å². The third-order valence-corrected chi connectivity index (χ3v) is 3.73. The molecule has 1 aromatic rings. The Balaban J connectivity index is 2.86. The van der Waals surface area contributed by atoms with Crippen LogP contribution in [0.3, 0.4) is 0 Å². The minimum Gasteiger partial charge on any atom is -0.381 e.